The van der Waals surface area contributed by atoms with Crippen LogP contribution in [0.4, 0.5) is 0 Å². The second-order valence-electron chi connectivity index (χ2n) is 6.12. The molecule has 0 aliphatic carbocycles. The maximum absolute atomic E-state index is 12.6. The van der Waals surface area contributed by atoms with Crippen molar-refractivity contribution in [1.82, 2.24) is 4.90 Å². The molecule has 0 saturated carbocycles. The fourth-order valence-corrected chi connectivity index (χ4v) is 3.35. The van der Waals surface area contributed by atoms with E-state index in [9.17, 15) is 18.0 Å². The molecule has 2 rings (SSSR count). The molecule has 0 saturated heterocycles. The summed E-state index contributed by atoms with van der Waals surface area (Å²) >= 11 is 0. The van der Waals surface area contributed by atoms with Gasteiger partial charge in [0, 0.05) is 18.4 Å². The number of nitrogens with zero attached hydrogens (tertiary/aromatic N) is 1. The molecule has 0 aliphatic heterocycles. The first-order valence-electron chi connectivity index (χ1n) is 8.06. The van der Waals surface area contributed by atoms with Crippen LogP contribution in [0.3, 0.4) is 0 Å². The van der Waals surface area contributed by atoms with Gasteiger partial charge in [0.05, 0.1) is 5.75 Å². The molecule has 1 amide bonds. The van der Waals surface area contributed by atoms with Crippen molar-refractivity contribution in [1.29, 1.82) is 0 Å². The third-order valence-electron chi connectivity index (χ3n) is 3.76. The van der Waals surface area contributed by atoms with Gasteiger partial charge < -0.3 is 10.0 Å². The Labute approximate surface area is 153 Å². The lowest BCUT2D eigenvalue weighted by molar-refractivity contribution is -0.137. The minimum Gasteiger partial charge on any atom is -0.480 e. The average molecular weight is 375 g/mol. The lowest BCUT2D eigenvalue weighted by Crippen LogP contribution is -2.37. The van der Waals surface area contributed by atoms with Crippen molar-refractivity contribution in [3.05, 3.63) is 71.3 Å². The van der Waals surface area contributed by atoms with Crippen molar-refractivity contribution in [3.63, 3.8) is 0 Å². The van der Waals surface area contributed by atoms with Gasteiger partial charge in [0.15, 0.2) is 9.84 Å². The molecule has 0 fully saturated rings. The van der Waals surface area contributed by atoms with E-state index in [1.54, 1.807) is 12.1 Å². The fraction of sp³-hybridized carbons (Fsp3) is 0.263. The second kappa shape index (κ2) is 8.62. The van der Waals surface area contributed by atoms with Crippen molar-refractivity contribution in [2.45, 2.75) is 12.2 Å². The lowest BCUT2D eigenvalue weighted by Gasteiger charge is -2.21. The van der Waals surface area contributed by atoms with Crippen LogP contribution in [-0.4, -0.2) is 49.6 Å². The number of hydrogen-bond donors (Lipinski definition) is 1. The highest BCUT2D eigenvalue weighted by Crippen LogP contribution is 2.11. The summed E-state index contributed by atoms with van der Waals surface area (Å²) in [6.45, 7) is -0.114. The molecule has 0 atom stereocenters. The van der Waals surface area contributed by atoms with Gasteiger partial charge in [-0.3, -0.25) is 9.59 Å². The van der Waals surface area contributed by atoms with Crippen molar-refractivity contribution >= 4 is 21.7 Å². The minimum atomic E-state index is -3.15. The zero-order valence-electron chi connectivity index (χ0n) is 14.5. The molecule has 0 bridgehead atoms. The van der Waals surface area contributed by atoms with Gasteiger partial charge in [-0.05, 0) is 29.7 Å². The monoisotopic (exact) mass is 375 g/mol. The summed E-state index contributed by atoms with van der Waals surface area (Å²) < 4.78 is 22.7. The van der Waals surface area contributed by atoms with E-state index in [-0.39, 0.29) is 12.3 Å². The van der Waals surface area contributed by atoms with Gasteiger partial charge in [-0.2, -0.15) is 0 Å². The highest BCUT2D eigenvalue weighted by molar-refractivity contribution is 7.89. The summed E-state index contributed by atoms with van der Waals surface area (Å²) in [4.78, 5) is 25.0. The molecule has 0 radical (unpaired) electrons. The predicted octanol–water partition coefficient (Wildman–Crippen LogP) is 2.00. The van der Waals surface area contributed by atoms with Crippen LogP contribution in [0.15, 0.2) is 54.6 Å². The second-order valence-corrected chi connectivity index (χ2v) is 8.26. The van der Waals surface area contributed by atoms with Crippen LogP contribution in [0.1, 0.15) is 21.5 Å². The molecule has 0 heterocycles. The van der Waals surface area contributed by atoms with Gasteiger partial charge in [0.25, 0.3) is 5.91 Å². The Morgan fingerprint density at radius 3 is 2.12 bits per heavy atom. The molecule has 1 N–H and O–H groups in total. The van der Waals surface area contributed by atoms with E-state index in [4.69, 9.17) is 5.11 Å². The standard InChI is InChI=1S/C19H21NO5S/c1-26(24,25)14-16-7-9-17(10-8-16)19(23)20(13-18(21)22)12-11-15-5-3-2-4-6-15/h2-10H,11-14H2,1H3,(H,21,22). The quantitative estimate of drug-likeness (QED) is 0.762. The number of aliphatic carboxylic acids is 1. The number of hydrogen-bond acceptors (Lipinski definition) is 4. The molecule has 138 valence electrons. The first-order valence-corrected chi connectivity index (χ1v) is 10.1. The van der Waals surface area contributed by atoms with Crippen molar-refractivity contribution in [2.75, 3.05) is 19.3 Å². The van der Waals surface area contributed by atoms with E-state index in [1.807, 2.05) is 30.3 Å². The van der Waals surface area contributed by atoms with E-state index >= 15 is 0 Å². The fourth-order valence-electron chi connectivity index (χ4n) is 2.55. The smallest absolute Gasteiger partial charge is 0.323 e. The molecule has 0 aliphatic rings. The zero-order chi connectivity index (χ0) is 19.2. The largest absolute Gasteiger partial charge is 0.480 e. The van der Waals surface area contributed by atoms with Crippen LogP contribution in [0.5, 0.6) is 0 Å². The van der Waals surface area contributed by atoms with Gasteiger partial charge in [0.2, 0.25) is 0 Å². The number of sulfone groups is 1. The molecule has 6 nitrogen and oxygen atoms in total. The Bertz CT molecular complexity index is 861. The van der Waals surface area contributed by atoms with E-state index < -0.39 is 28.3 Å². The molecule has 2 aromatic rings. The Morgan fingerprint density at radius 2 is 1.58 bits per heavy atom. The zero-order valence-corrected chi connectivity index (χ0v) is 15.3. The van der Waals surface area contributed by atoms with Crippen LogP contribution in [0, 0.1) is 0 Å². The molecule has 0 unspecified atom stereocenters. The summed E-state index contributed by atoms with van der Waals surface area (Å²) in [6, 6.07) is 15.7. The average Bonchev–Trinajstić information content (AvgIpc) is 2.58. The topological polar surface area (TPSA) is 91.8 Å². The number of carboxylic acids is 1. The van der Waals surface area contributed by atoms with Crippen molar-refractivity contribution < 1.29 is 23.1 Å². The number of amides is 1. The SMILES string of the molecule is CS(=O)(=O)Cc1ccc(C(=O)N(CCc2ccccc2)CC(=O)O)cc1. The maximum atomic E-state index is 12.6. The first kappa shape index (κ1) is 19.7. The molecule has 7 heteroatoms. The minimum absolute atomic E-state index is 0.103. The van der Waals surface area contributed by atoms with Gasteiger partial charge in [-0.1, -0.05) is 42.5 Å². The Hall–Kier alpha value is -2.67. The van der Waals surface area contributed by atoms with Gasteiger partial charge in [0.1, 0.15) is 6.54 Å². The number of carbonyl (C=O) groups excluding carboxylic acids is 1. The number of benzene rings is 2. The third-order valence-corrected chi connectivity index (χ3v) is 4.61. The lowest BCUT2D eigenvalue weighted by atomic mass is 10.1. The van der Waals surface area contributed by atoms with E-state index in [2.05, 4.69) is 0 Å². The van der Waals surface area contributed by atoms with Crippen LogP contribution in [-0.2, 0) is 26.8 Å². The molecule has 0 spiro atoms. The van der Waals surface area contributed by atoms with Crippen LogP contribution >= 0.6 is 0 Å². The predicted molar refractivity (Wildman–Crippen MR) is 98.7 cm³/mol. The highest BCUT2D eigenvalue weighted by Gasteiger charge is 2.18. The third kappa shape index (κ3) is 6.33. The summed E-state index contributed by atoms with van der Waals surface area (Å²) in [5.41, 5.74) is 1.92. The normalized spacial score (nSPS) is 11.1. The number of carboxylic acid groups (broad SMARTS) is 1. The maximum Gasteiger partial charge on any atom is 0.323 e. The Morgan fingerprint density at radius 1 is 0.962 bits per heavy atom. The summed E-state index contributed by atoms with van der Waals surface area (Å²) in [5, 5.41) is 9.09. The number of rotatable bonds is 8. The van der Waals surface area contributed by atoms with Gasteiger partial charge in [-0.25, -0.2) is 8.42 Å². The van der Waals surface area contributed by atoms with Gasteiger partial charge >= 0.3 is 5.97 Å². The molecule has 2 aromatic carbocycles. The molecular formula is C19H21NO5S. The highest BCUT2D eigenvalue weighted by atomic mass is 32.2. The molecule has 0 aromatic heterocycles. The summed E-state index contributed by atoms with van der Waals surface area (Å²) in [5.74, 6) is -1.58. The van der Waals surface area contributed by atoms with Crippen LogP contribution < -0.4 is 0 Å². The van der Waals surface area contributed by atoms with Crippen molar-refractivity contribution in [3.8, 4) is 0 Å². The van der Waals surface area contributed by atoms with Crippen LogP contribution in [0.2, 0.25) is 0 Å². The summed E-state index contributed by atoms with van der Waals surface area (Å²) in [7, 11) is -3.15. The Kier molecular flexibility index (Phi) is 6.52. The van der Waals surface area contributed by atoms with Crippen molar-refractivity contribution in [2.24, 2.45) is 0 Å². The first-order chi connectivity index (χ1) is 12.2. The van der Waals surface area contributed by atoms with Gasteiger partial charge in [-0.15, -0.1) is 0 Å². The van der Waals surface area contributed by atoms with Crippen LogP contribution in [0.25, 0.3) is 0 Å². The molecule has 26 heavy (non-hydrogen) atoms. The molecular weight excluding hydrogens is 354 g/mol. The summed E-state index contributed by atoms with van der Waals surface area (Å²) in [6.07, 6.45) is 1.69. The van der Waals surface area contributed by atoms with E-state index in [0.29, 0.717) is 17.5 Å². The van der Waals surface area contributed by atoms with E-state index in [1.165, 1.54) is 17.0 Å². The number of carbonyl (C=O) groups is 2. The van der Waals surface area contributed by atoms with E-state index in [0.717, 1.165) is 11.8 Å². The Balaban J connectivity index is 2.11.